The third-order valence-corrected chi connectivity index (χ3v) is 2.98. The molecule has 5 nitrogen and oxygen atoms in total. The van der Waals surface area contributed by atoms with Gasteiger partial charge in [0.2, 0.25) is 0 Å². The molecule has 0 aliphatic carbocycles. The first-order valence-electron chi connectivity index (χ1n) is 6.90. The molecule has 0 saturated heterocycles. The van der Waals surface area contributed by atoms with Gasteiger partial charge in [0, 0.05) is 11.6 Å². The van der Waals surface area contributed by atoms with Crippen LogP contribution in [0.15, 0.2) is 63.4 Å². The van der Waals surface area contributed by atoms with Gasteiger partial charge in [-0.2, -0.15) is 0 Å². The Bertz CT molecular complexity index is 732. The van der Waals surface area contributed by atoms with Gasteiger partial charge in [-0.15, -0.1) is 0 Å². The molecule has 0 bridgehead atoms. The highest BCUT2D eigenvalue weighted by Crippen LogP contribution is 2.24. The van der Waals surface area contributed by atoms with Crippen molar-refractivity contribution in [1.82, 2.24) is 0 Å². The summed E-state index contributed by atoms with van der Waals surface area (Å²) < 4.78 is 5.29. The molecule has 2 aromatic rings. The maximum absolute atomic E-state index is 12.2. The van der Waals surface area contributed by atoms with E-state index < -0.39 is 5.63 Å². The van der Waals surface area contributed by atoms with Gasteiger partial charge in [-0.3, -0.25) is 0 Å². The molecule has 0 spiro atoms. The molecule has 5 heteroatoms. The molecule has 1 aromatic carbocycles. The molecule has 0 aliphatic heterocycles. The van der Waals surface area contributed by atoms with Gasteiger partial charge in [-0.1, -0.05) is 55.1 Å². The standard InChI is InChI=1S/C17H17NO4/c1-3-10-21-18-13(4-2)16-14(19)11-15(22-17(16)20)12-8-6-5-7-9-12/h3,5-9,11,19H,1,4,10H2,2H3. The topological polar surface area (TPSA) is 72.0 Å². The molecule has 0 unspecified atom stereocenters. The van der Waals surface area contributed by atoms with Crippen LogP contribution in [-0.2, 0) is 4.84 Å². The number of oxime groups is 1. The van der Waals surface area contributed by atoms with E-state index in [4.69, 9.17) is 9.25 Å². The first-order chi connectivity index (χ1) is 10.7. The first kappa shape index (κ1) is 15.6. The largest absolute Gasteiger partial charge is 0.507 e. The minimum absolute atomic E-state index is 0.0197. The van der Waals surface area contributed by atoms with Crippen LogP contribution in [0.4, 0.5) is 0 Å². The fourth-order valence-corrected chi connectivity index (χ4v) is 1.95. The highest BCUT2D eigenvalue weighted by molar-refractivity contribution is 6.02. The average molecular weight is 299 g/mol. The van der Waals surface area contributed by atoms with Crippen LogP contribution in [0, 0.1) is 0 Å². The molecule has 0 saturated carbocycles. The van der Waals surface area contributed by atoms with Crippen LogP contribution < -0.4 is 5.63 Å². The molecular weight excluding hydrogens is 282 g/mol. The van der Waals surface area contributed by atoms with E-state index in [1.54, 1.807) is 19.1 Å². The van der Waals surface area contributed by atoms with Crippen LogP contribution in [0.2, 0.25) is 0 Å². The Morgan fingerprint density at radius 3 is 2.73 bits per heavy atom. The third kappa shape index (κ3) is 3.44. The van der Waals surface area contributed by atoms with Crippen LogP contribution in [-0.4, -0.2) is 17.4 Å². The van der Waals surface area contributed by atoms with Crippen molar-refractivity contribution >= 4 is 5.71 Å². The molecule has 1 N–H and O–H groups in total. The number of hydrogen-bond acceptors (Lipinski definition) is 5. The second-order valence-corrected chi connectivity index (χ2v) is 4.50. The zero-order chi connectivity index (χ0) is 15.9. The Morgan fingerprint density at radius 2 is 2.14 bits per heavy atom. The van der Waals surface area contributed by atoms with Crippen molar-refractivity contribution in [3.63, 3.8) is 0 Å². The second kappa shape index (κ2) is 7.26. The quantitative estimate of drug-likeness (QED) is 0.384. The van der Waals surface area contributed by atoms with Crippen LogP contribution in [0.25, 0.3) is 11.3 Å². The molecule has 0 radical (unpaired) electrons. The van der Waals surface area contributed by atoms with E-state index >= 15 is 0 Å². The molecule has 1 heterocycles. The summed E-state index contributed by atoms with van der Waals surface area (Å²) in [5, 5.41) is 14.0. The number of rotatable bonds is 6. The van der Waals surface area contributed by atoms with Gasteiger partial charge in [0.25, 0.3) is 0 Å². The molecule has 1 aromatic heterocycles. The molecule has 114 valence electrons. The molecular formula is C17H17NO4. The van der Waals surface area contributed by atoms with Crippen LogP contribution in [0.1, 0.15) is 18.9 Å². The normalized spacial score (nSPS) is 11.2. The molecule has 2 rings (SSSR count). The van der Waals surface area contributed by atoms with Gasteiger partial charge in [0.15, 0.2) is 0 Å². The Kier molecular flexibility index (Phi) is 5.14. The zero-order valence-electron chi connectivity index (χ0n) is 12.3. The van der Waals surface area contributed by atoms with Crippen LogP contribution in [0.3, 0.4) is 0 Å². The summed E-state index contributed by atoms with van der Waals surface area (Å²) in [6, 6.07) is 10.5. The first-order valence-corrected chi connectivity index (χ1v) is 6.90. The van der Waals surface area contributed by atoms with Crippen molar-refractivity contribution in [3.05, 3.63) is 65.0 Å². The summed E-state index contributed by atoms with van der Waals surface area (Å²) >= 11 is 0. The smallest absolute Gasteiger partial charge is 0.349 e. The summed E-state index contributed by atoms with van der Waals surface area (Å²) in [5.41, 5.74) is 0.403. The number of benzene rings is 1. The van der Waals surface area contributed by atoms with E-state index in [2.05, 4.69) is 11.7 Å². The second-order valence-electron chi connectivity index (χ2n) is 4.50. The molecule has 0 fully saturated rings. The van der Waals surface area contributed by atoms with Crippen molar-refractivity contribution in [2.45, 2.75) is 13.3 Å². The number of hydrogen-bond donors (Lipinski definition) is 1. The monoisotopic (exact) mass is 299 g/mol. The molecule has 0 atom stereocenters. The highest BCUT2D eigenvalue weighted by Gasteiger charge is 2.17. The summed E-state index contributed by atoms with van der Waals surface area (Å²) in [6.45, 7) is 5.54. The lowest BCUT2D eigenvalue weighted by Gasteiger charge is -2.07. The SMILES string of the molecule is C=CCON=C(CC)c1c(O)cc(-c2ccccc2)oc1=O. The lowest BCUT2D eigenvalue weighted by molar-refractivity contribution is 0.174. The maximum atomic E-state index is 12.2. The molecule has 22 heavy (non-hydrogen) atoms. The lowest BCUT2D eigenvalue weighted by Crippen LogP contribution is -2.15. The third-order valence-electron chi connectivity index (χ3n) is 2.98. The van der Waals surface area contributed by atoms with E-state index in [-0.39, 0.29) is 17.9 Å². The Morgan fingerprint density at radius 1 is 1.41 bits per heavy atom. The van der Waals surface area contributed by atoms with E-state index in [0.717, 1.165) is 0 Å². The fraction of sp³-hybridized carbons (Fsp3) is 0.176. The summed E-state index contributed by atoms with van der Waals surface area (Å²) in [6.07, 6.45) is 1.96. The number of nitrogens with zero attached hydrogens (tertiary/aromatic N) is 1. The number of aromatic hydroxyl groups is 1. The predicted octanol–water partition coefficient (Wildman–Crippen LogP) is 3.33. The van der Waals surface area contributed by atoms with E-state index in [1.807, 2.05) is 18.2 Å². The summed E-state index contributed by atoms with van der Waals surface area (Å²) in [5.74, 6) is 0.118. The predicted molar refractivity (Wildman–Crippen MR) is 85.1 cm³/mol. The van der Waals surface area contributed by atoms with Gasteiger partial charge in [0.1, 0.15) is 23.7 Å². The molecule has 0 amide bonds. The van der Waals surface area contributed by atoms with Crippen molar-refractivity contribution in [2.24, 2.45) is 5.16 Å². The summed E-state index contributed by atoms with van der Waals surface area (Å²) in [7, 11) is 0. The average Bonchev–Trinajstić information content (AvgIpc) is 2.53. The van der Waals surface area contributed by atoms with Gasteiger partial charge >= 0.3 is 5.63 Å². The fourth-order valence-electron chi connectivity index (χ4n) is 1.95. The van der Waals surface area contributed by atoms with Gasteiger partial charge in [-0.25, -0.2) is 4.79 Å². The zero-order valence-corrected chi connectivity index (χ0v) is 12.3. The minimum Gasteiger partial charge on any atom is -0.507 e. The van der Waals surface area contributed by atoms with E-state index in [9.17, 15) is 9.90 Å². The van der Waals surface area contributed by atoms with Gasteiger partial charge in [-0.05, 0) is 6.42 Å². The van der Waals surface area contributed by atoms with Crippen LogP contribution in [0.5, 0.6) is 5.75 Å². The van der Waals surface area contributed by atoms with Crippen molar-refractivity contribution in [2.75, 3.05) is 6.61 Å². The van der Waals surface area contributed by atoms with E-state index in [0.29, 0.717) is 23.5 Å². The van der Waals surface area contributed by atoms with Crippen LogP contribution >= 0.6 is 0 Å². The Hall–Kier alpha value is -2.82. The maximum Gasteiger partial charge on any atom is 0.349 e. The van der Waals surface area contributed by atoms with Crippen molar-refractivity contribution < 1.29 is 14.4 Å². The highest BCUT2D eigenvalue weighted by atomic mass is 16.6. The minimum atomic E-state index is -0.651. The van der Waals surface area contributed by atoms with E-state index in [1.165, 1.54) is 12.1 Å². The lowest BCUT2D eigenvalue weighted by atomic mass is 10.1. The van der Waals surface area contributed by atoms with Crippen molar-refractivity contribution in [3.8, 4) is 17.1 Å². The summed E-state index contributed by atoms with van der Waals surface area (Å²) in [4.78, 5) is 17.2. The Balaban J connectivity index is 2.44. The van der Waals surface area contributed by atoms with Gasteiger partial charge in [0.05, 0.1) is 5.71 Å². The van der Waals surface area contributed by atoms with Crippen molar-refractivity contribution in [1.29, 1.82) is 0 Å². The Labute approximate surface area is 128 Å². The van der Waals surface area contributed by atoms with Gasteiger partial charge < -0.3 is 14.4 Å². The molecule has 0 aliphatic rings.